The normalized spacial score (nSPS) is 23.4. The molecule has 0 bridgehead atoms. The molecule has 2 atom stereocenters. The predicted octanol–water partition coefficient (Wildman–Crippen LogP) is 2.22. The Morgan fingerprint density at radius 1 is 1.41 bits per heavy atom. The van der Waals surface area contributed by atoms with E-state index in [4.69, 9.17) is 4.74 Å². The first kappa shape index (κ1) is 11.4. The van der Waals surface area contributed by atoms with Gasteiger partial charge in [0.05, 0.1) is 6.04 Å². The lowest BCUT2D eigenvalue weighted by Crippen LogP contribution is -2.38. The largest absolute Gasteiger partial charge is 0.439 e. The molecular formula is C13H13NO3. The molecule has 0 saturated carbocycles. The van der Waals surface area contributed by atoms with Crippen LogP contribution in [0.1, 0.15) is 17.3 Å². The molecule has 2 unspecified atom stereocenters. The lowest BCUT2D eigenvalue weighted by atomic mass is 10.1. The molecule has 17 heavy (non-hydrogen) atoms. The molecule has 1 saturated heterocycles. The van der Waals surface area contributed by atoms with E-state index in [0.717, 1.165) is 4.90 Å². The molecule has 1 fully saturated rings. The van der Waals surface area contributed by atoms with Crippen molar-refractivity contribution in [1.82, 2.24) is 4.90 Å². The highest BCUT2D eigenvalue weighted by atomic mass is 16.6. The first-order chi connectivity index (χ1) is 8.15. The zero-order chi connectivity index (χ0) is 12.4. The van der Waals surface area contributed by atoms with Crippen molar-refractivity contribution in [1.29, 1.82) is 0 Å². The Kier molecular flexibility index (Phi) is 2.95. The second-order valence-electron chi connectivity index (χ2n) is 3.87. The van der Waals surface area contributed by atoms with Crippen molar-refractivity contribution in [3.8, 4) is 0 Å². The van der Waals surface area contributed by atoms with E-state index in [0.29, 0.717) is 5.56 Å². The van der Waals surface area contributed by atoms with Crippen molar-refractivity contribution in [2.24, 2.45) is 0 Å². The quantitative estimate of drug-likeness (QED) is 0.733. The average Bonchev–Trinajstić information content (AvgIpc) is 2.64. The molecule has 0 aliphatic carbocycles. The average molecular weight is 231 g/mol. The fraction of sp³-hybridized carbons (Fsp3) is 0.231. The fourth-order valence-corrected chi connectivity index (χ4v) is 1.82. The van der Waals surface area contributed by atoms with Crippen LogP contribution in [0.2, 0.25) is 0 Å². The molecule has 4 heteroatoms. The molecule has 4 nitrogen and oxygen atoms in total. The van der Waals surface area contributed by atoms with Gasteiger partial charge in [0.1, 0.15) is 6.10 Å². The monoisotopic (exact) mass is 231 g/mol. The maximum Gasteiger partial charge on any atom is 0.417 e. The first-order valence-corrected chi connectivity index (χ1v) is 5.37. The molecule has 88 valence electrons. The van der Waals surface area contributed by atoms with Gasteiger partial charge in [-0.2, -0.15) is 0 Å². The van der Waals surface area contributed by atoms with Crippen LogP contribution in [0, 0.1) is 0 Å². The molecular weight excluding hydrogens is 218 g/mol. The summed E-state index contributed by atoms with van der Waals surface area (Å²) in [6, 6.07) is 8.34. The number of ether oxygens (including phenoxy) is 1. The Bertz CT molecular complexity index is 455. The van der Waals surface area contributed by atoms with Gasteiger partial charge in [0, 0.05) is 5.56 Å². The number of nitrogens with zero attached hydrogens (tertiary/aromatic N) is 1. The van der Waals surface area contributed by atoms with Gasteiger partial charge in [0.15, 0.2) is 0 Å². The van der Waals surface area contributed by atoms with Crippen LogP contribution >= 0.6 is 0 Å². The van der Waals surface area contributed by atoms with Gasteiger partial charge in [-0.3, -0.25) is 4.79 Å². The van der Waals surface area contributed by atoms with Crippen molar-refractivity contribution < 1.29 is 14.3 Å². The lowest BCUT2D eigenvalue weighted by molar-refractivity contribution is 0.0781. The zero-order valence-electron chi connectivity index (χ0n) is 9.50. The van der Waals surface area contributed by atoms with Crippen LogP contribution in [0.4, 0.5) is 4.79 Å². The molecule has 0 aromatic heterocycles. The Hall–Kier alpha value is -2.10. The Balaban J connectivity index is 2.26. The number of rotatable bonds is 2. The number of carbonyl (C=O) groups excluding carboxylic acids is 2. The van der Waals surface area contributed by atoms with E-state index < -0.39 is 12.2 Å². The number of imide groups is 1. The minimum atomic E-state index is -0.615. The lowest BCUT2D eigenvalue weighted by Gasteiger charge is -2.17. The highest BCUT2D eigenvalue weighted by molar-refractivity contribution is 6.04. The van der Waals surface area contributed by atoms with Gasteiger partial charge < -0.3 is 4.74 Å². The molecule has 0 radical (unpaired) electrons. The summed E-state index contributed by atoms with van der Waals surface area (Å²) in [6.07, 6.45) is 0.479. The van der Waals surface area contributed by atoms with Crippen LogP contribution in [0.25, 0.3) is 0 Å². The van der Waals surface area contributed by atoms with Crippen LogP contribution in [-0.4, -0.2) is 29.0 Å². The van der Waals surface area contributed by atoms with Crippen molar-refractivity contribution in [3.05, 3.63) is 48.6 Å². The van der Waals surface area contributed by atoms with Gasteiger partial charge in [-0.1, -0.05) is 24.8 Å². The maximum atomic E-state index is 12.1. The summed E-state index contributed by atoms with van der Waals surface area (Å²) in [5.41, 5.74) is 0.473. The molecule has 1 aliphatic rings. The molecule has 0 spiro atoms. The second kappa shape index (κ2) is 4.41. The highest BCUT2D eigenvalue weighted by Gasteiger charge is 2.41. The van der Waals surface area contributed by atoms with Crippen LogP contribution < -0.4 is 0 Å². The maximum absolute atomic E-state index is 12.1. The standard InChI is InChI=1S/C13H13NO3/c1-3-11-9(2)14(13(16)17-11)12(15)10-7-5-4-6-8-10/h3-9,11H,1H2,2H3. The second-order valence-corrected chi connectivity index (χ2v) is 3.87. The third-order valence-corrected chi connectivity index (χ3v) is 2.79. The van der Waals surface area contributed by atoms with E-state index in [1.54, 1.807) is 31.2 Å². The van der Waals surface area contributed by atoms with E-state index in [-0.39, 0.29) is 11.9 Å². The summed E-state index contributed by atoms with van der Waals surface area (Å²) in [6.45, 7) is 5.34. The van der Waals surface area contributed by atoms with Crippen LogP contribution in [0.15, 0.2) is 43.0 Å². The van der Waals surface area contributed by atoms with E-state index in [9.17, 15) is 9.59 Å². The Morgan fingerprint density at radius 3 is 2.59 bits per heavy atom. The van der Waals surface area contributed by atoms with Crippen molar-refractivity contribution in [3.63, 3.8) is 0 Å². The van der Waals surface area contributed by atoms with E-state index in [1.165, 1.54) is 6.08 Å². The summed E-state index contributed by atoms with van der Waals surface area (Å²) in [5, 5.41) is 0. The van der Waals surface area contributed by atoms with Gasteiger partial charge in [-0.25, -0.2) is 9.69 Å². The van der Waals surface area contributed by atoms with E-state index in [1.807, 2.05) is 6.07 Å². The SMILES string of the molecule is C=CC1OC(=O)N(C(=O)c2ccccc2)C1C. The van der Waals surface area contributed by atoms with Gasteiger partial charge in [0.2, 0.25) is 0 Å². The molecule has 0 N–H and O–H groups in total. The number of hydrogen-bond acceptors (Lipinski definition) is 3. The van der Waals surface area contributed by atoms with Crippen molar-refractivity contribution in [2.45, 2.75) is 19.1 Å². The van der Waals surface area contributed by atoms with Crippen LogP contribution in [0.5, 0.6) is 0 Å². The molecule has 1 heterocycles. The van der Waals surface area contributed by atoms with E-state index >= 15 is 0 Å². The fourth-order valence-electron chi connectivity index (χ4n) is 1.82. The highest BCUT2D eigenvalue weighted by Crippen LogP contribution is 2.22. The van der Waals surface area contributed by atoms with E-state index in [2.05, 4.69) is 6.58 Å². The minimum absolute atomic E-state index is 0.326. The summed E-state index contributed by atoms with van der Waals surface area (Å²) in [4.78, 5) is 24.9. The Morgan fingerprint density at radius 2 is 2.06 bits per heavy atom. The zero-order valence-corrected chi connectivity index (χ0v) is 9.50. The number of hydrogen-bond donors (Lipinski definition) is 0. The van der Waals surface area contributed by atoms with Crippen LogP contribution in [-0.2, 0) is 4.74 Å². The smallest absolute Gasteiger partial charge is 0.417 e. The third-order valence-electron chi connectivity index (χ3n) is 2.79. The third kappa shape index (κ3) is 1.93. The van der Waals surface area contributed by atoms with Crippen molar-refractivity contribution in [2.75, 3.05) is 0 Å². The summed E-state index contributed by atoms with van der Waals surface area (Å²) < 4.78 is 5.03. The molecule has 2 amide bonds. The molecule has 1 aromatic carbocycles. The first-order valence-electron chi connectivity index (χ1n) is 5.37. The predicted molar refractivity (Wildman–Crippen MR) is 62.5 cm³/mol. The van der Waals surface area contributed by atoms with Crippen molar-refractivity contribution >= 4 is 12.0 Å². The van der Waals surface area contributed by atoms with Crippen LogP contribution in [0.3, 0.4) is 0 Å². The number of cyclic esters (lactones) is 1. The van der Waals surface area contributed by atoms with Gasteiger partial charge in [0.25, 0.3) is 5.91 Å². The number of carbonyl (C=O) groups is 2. The minimum Gasteiger partial charge on any atom is -0.439 e. The Labute approximate surface area is 99.5 Å². The topological polar surface area (TPSA) is 46.6 Å². The summed E-state index contributed by atoms with van der Waals surface area (Å²) in [5.74, 6) is -0.340. The molecule has 1 aromatic rings. The molecule has 2 rings (SSSR count). The van der Waals surface area contributed by atoms with Gasteiger partial charge in [-0.15, -0.1) is 0 Å². The molecule has 1 aliphatic heterocycles. The number of amides is 2. The van der Waals surface area contributed by atoms with Gasteiger partial charge in [-0.05, 0) is 25.1 Å². The number of benzene rings is 1. The summed E-state index contributed by atoms with van der Waals surface area (Å²) >= 11 is 0. The van der Waals surface area contributed by atoms with Gasteiger partial charge >= 0.3 is 6.09 Å². The summed E-state index contributed by atoms with van der Waals surface area (Å²) in [7, 11) is 0.